The van der Waals surface area contributed by atoms with Gasteiger partial charge in [-0.2, -0.15) is 13.2 Å². The van der Waals surface area contributed by atoms with Gasteiger partial charge in [0, 0.05) is 12.2 Å². The molecule has 0 radical (unpaired) electrons. The Bertz CT molecular complexity index is 773. The van der Waals surface area contributed by atoms with Crippen molar-refractivity contribution in [1.29, 1.82) is 0 Å². The first-order chi connectivity index (χ1) is 11.7. The molecule has 2 rings (SSSR count). The average Bonchev–Trinajstić information content (AvgIpc) is 2.52. The number of rotatable bonds is 5. The van der Waals surface area contributed by atoms with Gasteiger partial charge in [-0.3, -0.25) is 4.79 Å². The van der Waals surface area contributed by atoms with Crippen molar-refractivity contribution in [2.24, 2.45) is 5.73 Å². The van der Waals surface area contributed by atoms with Crippen molar-refractivity contribution in [3.8, 4) is 5.75 Å². The molecule has 0 aliphatic rings. The van der Waals surface area contributed by atoms with Gasteiger partial charge in [0.2, 0.25) is 0 Å². The molecule has 0 bridgehead atoms. The van der Waals surface area contributed by atoms with E-state index in [0.717, 1.165) is 23.3 Å². The Morgan fingerprint density at radius 2 is 1.88 bits per heavy atom. The second-order valence-corrected chi connectivity index (χ2v) is 5.73. The topological polar surface area (TPSA) is 64.3 Å². The van der Waals surface area contributed by atoms with Crippen molar-refractivity contribution in [2.45, 2.75) is 26.6 Å². The molecular weight excluding hydrogens is 333 g/mol. The lowest BCUT2D eigenvalue weighted by Crippen LogP contribution is -2.21. The minimum atomic E-state index is -4.51. The van der Waals surface area contributed by atoms with Crippen LogP contribution in [0, 0.1) is 13.8 Å². The SMILES string of the molecule is Cc1ccc(OCC(=O)Nc2cc(CN)cc(C(F)(F)F)c2)c(C)c1. The molecule has 0 aliphatic carbocycles. The van der Waals surface area contributed by atoms with E-state index in [9.17, 15) is 18.0 Å². The molecule has 2 aromatic rings. The van der Waals surface area contributed by atoms with E-state index >= 15 is 0 Å². The van der Waals surface area contributed by atoms with Gasteiger partial charge in [-0.15, -0.1) is 0 Å². The molecule has 0 heterocycles. The summed E-state index contributed by atoms with van der Waals surface area (Å²) in [7, 11) is 0. The summed E-state index contributed by atoms with van der Waals surface area (Å²) in [5.41, 5.74) is 6.81. The van der Waals surface area contributed by atoms with Gasteiger partial charge in [0.1, 0.15) is 5.75 Å². The summed E-state index contributed by atoms with van der Waals surface area (Å²) < 4.78 is 44.1. The fourth-order valence-electron chi connectivity index (χ4n) is 2.35. The number of nitrogens with one attached hydrogen (secondary N) is 1. The van der Waals surface area contributed by atoms with Crippen LogP contribution >= 0.6 is 0 Å². The zero-order chi connectivity index (χ0) is 18.6. The Hall–Kier alpha value is -2.54. The van der Waals surface area contributed by atoms with Crippen molar-refractivity contribution >= 4 is 11.6 Å². The van der Waals surface area contributed by atoms with Gasteiger partial charge in [-0.25, -0.2) is 0 Å². The van der Waals surface area contributed by atoms with Crippen LogP contribution in [0.25, 0.3) is 0 Å². The van der Waals surface area contributed by atoms with E-state index < -0.39 is 17.6 Å². The molecule has 0 saturated heterocycles. The number of carbonyl (C=O) groups excluding carboxylic acids is 1. The molecule has 0 saturated carbocycles. The summed E-state index contributed by atoms with van der Waals surface area (Å²) in [6.07, 6.45) is -4.51. The van der Waals surface area contributed by atoms with E-state index in [4.69, 9.17) is 10.5 Å². The van der Waals surface area contributed by atoms with Gasteiger partial charge < -0.3 is 15.8 Å². The van der Waals surface area contributed by atoms with Gasteiger partial charge >= 0.3 is 6.18 Å². The minimum Gasteiger partial charge on any atom is -0.483 e. The summed E-state index contributed by atoms with van der Waals surface area (Å²) in [4.78, 5) is 12.0. The van der Waals surface area contributed by atoms with Crippen molar-refractivity contribution in [2.75, 3.05) is 11.9 Å². The number of aryl methyl sites for hydroxylation is 2. The zero-order valence-electron chi connectivity index (χ0n) is 13.9. The maximum Gasteiger partial charge on any atom is 0.416 e. The summed E-state index contributed by atoms with van der Waals surface area (Å²) in [6.45, 7) is 3.41. The minimum absolute atomic E-state index is 0.0319. The summed E-state index contributed by atoms with van der Waals surface area (Å²) in [5, 5.41) is 2.41. The molecule has 2 aromatic carbocycles. The Labute approximate surface area is 143 Å². The third kappa shape index (κ3) is 5.22. The molecule has 0 aromatic heterocycles. The molecule has 1 amide bonds. The number of ether oxygens (including phenoxy) is 1. The molecule has 7 heteroatoms. The van der Waals surface area contributed by atoms with Gasteiger partial charge in [0.05, 0.1) is 5.56 Å². The highest BCUT2D eigenvalue weighted by molar-refractivity contribution is 5.92. The van der Waals surface area contributed by atoms with Crippen LogP contribution in [0.2, 0.25) is 0 Å². The van der Waals surface area contributed by atoms with Gasteiger partial charge in [-0.05, 0) is 49.2 Å². The summed E-state index contributed by atoms with van der Waals surface area (Å²) in [5.74, 6) is -0.00490. The fraction of sp³-hybridized carbons (Fsp3) is 0.278. The normalized spacial score (nSPS) is 11.3. The van der Waals surface area contributed by atoms with Crippen LogP contribution in [0.1, 0.15) is 22.3 Å². The number of nitrogens with two attached hydrogens (primary N) is 1. The third-order valence-corrected chi connectivity index (χ3v) is 3.53. The quantitative estimate of drug-likeness (QED) is 0.860. The van der Waals surface area contributed by atoms with E-state index in [2.05, 4.69) is 5.32 Å². The molecule has 134 valence electrons. The van der Waals surface area contributed by atoms with Crippen LogP contribution in [-0.2, 0) is 17.5 Å². The predicted molar refractivity (Wildman–Crippen MR) is 89.4 cm³/mol. The molecule has 4 nitrogen and oxygen atoms in total. The maximum atomic E-state index is 12.9. The van der Waals surface area contributed by atoms with Gasteiger partial charge in [0.15, 0.2) is 6.61 Å². The van der Waals surface area contributed by atoms with Crippen LogP contribution in [0.3, 0.4) is 0 Å². The largest absolute Gasteiger partial charge is 0.483 e. The first-order valence-corrected chi connectivity index (χ1v) is 7.60. The van der Waals surface area contributed by atoms with E-state index in [1.807, 2.05) is 26.0 Å². The standard InChI is InChI=1S/C18H19F3N2O2/c1-11-3-4-16(12(2)5-11)25-10-17(24)23-15-7-13(9-22)6-14(8-15)18(19,20)21/h3-8H,9-10,22H2,1-2H3,(H,23,24). The van der Waals surface area contributed by atoms with E-state index in [1.165, 1.54) is 6.07 Å². The second-order valence-electron chi connectivity index (χ2n) is 5.73. The first-order valence-electron chi connectivity index (χ1n) is 7.60. The van der Waals surface area contributed by atoms with E-state index in [1.54, 1.807) is 6.07 Å². The molecule has 0 spiro atoms. The van der Waals surface area contributed by atoms with E-state index in [0.29, 0.717) is 5.75 Å². The predicted octanol–water partition coefficient (Wildman–Crippen LogP) is 3.80. The molecule has 0 aliphatic heterocycles. The number of amides is 1. The third-order valence-electron chi connectivity index (χ3n) is 3.53. The molecule has 25 heavy (non-hydrogen) atoms. The highest BCUT2D eigenvalue weighted by Crippen LogP contribution is 2.32. The number of benzene rings is 2. The van der Waals surface area contributed by atoms with Crippen LogP contribution in [0.4, 0.5) is 18.9 Å². The Balaban J connectivity index is 2.07. The molecule has 0 fully saturated rings. The fourth-order valence-corrected chi connectivity index (χ4v) is 2.35. The number of alkyl halides is 3. The van der Waals surface area contributed by atoms with E-state index in [-0.39, 0.29) is 24.4 Å². The Morgan fingerprint density at radius 3 is 2.48 bits per heavy atom. The van der Waals surface area contributed by atoms with Crippen LogP contribution in [0.5, 0.6) is 5.75 Å². The number of carbonyl (C=O) groups is 1. The van der Waals surface area contributed by atoms with Crippen molar-refractivity contribution in [1.82, 2.24) is 0 Å². The number of anilines is 1. The lowest BCUT2D eigenvalue weighted by Gasteiger charge is -2.13. The average molecular weight is 352 g/mol. The monoisotopic (exact) mass is 352 g/mol. The summed E-state index contributed by atoms with van der Waals surface area (Å²) >= 11 is 0. The van der Waals surface area contributed by atoms with Gasteiger partial charge in [0.25, 0.3) is 5.91 Å². The number of halogens is 3. The Kier molecular flexibility index (Phi) is 5.69. The first kappa shape index (κ1) is 18.8. The number of hydrogen-bond acceptors (Lipinski definition) is 3. The Morgan fingerprint density at radius 1 is 1.16 bits per heavy atom. The number of hydrogen-bond donors (Lipinski definition) is 2. The van der Waals surface area contributed by atoms with Crippen molar-refractivity contribution in [3.63, 3.8) is 0 Å². The highest BCUT2D eigenvalue weighted by atomic mass is 19.4. The zero-order valence-corrected chi connectivity index (χ0v) is 13.9. The van der Waals surface area contributed by atoms with Gasteiger partial charge in [-0.1, -0.05) is 17.7 Å². The van der Waals surface area contributed by atoms with Crippen LogP contribution < -0.4 is 15.8 Å². The highest BCUT2D eigenvalue weighted by Gasteiger charge is 2.31. The van der Waals surface area contributed by atoms with Crippen LogP contribution in [0.15, 0.2) is 36.4 Å². The molecule has 0 unspecified atom stereocenters. The lowest BCUT2D eigenvalue weighted by atomic mass is 10.1. The second kappa shape index (κ2) is 7.57. The molecule has 0 atom stereocenters. The van der Waals surface area contributed by atoms with Crippen molar-refractivity contribution in [3.05, 3.63) is 58.7 Å². The smallest absolute Gasteiger partial charge is 0.416 e. The van der Waals surface area contributed by atoms with Crippen molar-refractivity contribution < 1.29 is 22.7 Å². The molecular formula is C18H19F3N2O2. The summed E-state index contributed by atoms with van der Waals surface area (Å²) in [6, 6.07) is 8.74. The maximum absolute atomic E-state index is 12.9. The van der Waals surface area contributed by atoms with Crippen LogP contribution in [-0.4, -0.2) is 12.5 Å². The lowest BCUT2D eigenvalue weighted by molar-refractivity contribution is -0.137. The molecule has 3 N–H and O–H groups in total.